The van der Waals surface area contributed by atoms with E-state index in [1.54, 1.807) is 6.08 Å². The maximum absolute atomic E-state index is 5.30. The lowest BCUT2D eigenvalue weighted by molar-refractivity contribution is 0.149. The van der Waals surface area contributed by atoms with Gasteiger partial charge in [0.05, 0.1) is 13.2 Å². The van der Waals surface area contributed by atoms with Gasteiger partial charge in [-0.15, -0.1) is 6.58 Å². The number of benzene rings is 1. The third-order valence-corrected chi connectivity index (χ3v) is 1.72. The predicted octanol–water partition coefficient (Wildman–Crippen LogP) is 3.03. The molecule has 0 spiro atoms. The third kappa shape index (κ3) is 3.26. The maximum Gasteiger partial charge on any atom is 0.0721 e. The van der Waals surface area contributed by atoms with Crippen LogP contribution < -0.4 is 0 Å². The topological polar surface area (TPSA) is 9.23 Å². The van der Waals surface area contributed by atoms with E-state index in [-0.39, 0.29) is 0 Å². The van der Waals surface area contributed by atoms with Crippen LogP contribution in [0.4, 0.5) is 0 Å². The largest absolute Gasteiger partial charge is 0.373 e. The van der Waals surface area contributed by atoms with Crippen molar-refractivity contribution in [2.45, 2.75) is 6.61 Å². The SMILES string of the molecule is C=CCOCc1ccc(C=C)cc1. The molecule has 0 fully saturated rings. The average Bonchev–Trinajstić information content (AvgIpc) is 2.19. The summed E-state index contributed by atoms with van der Waals surface area (Å²) in [5, 5.41) is 0. The van der Waals surface area contributed by atoms with Crippen LogP contribution in [0.5, 0.6) is 0 Å². The van der Waals surface area contributed by atoms with Crippen molar-refractivity contribution in [3.05, 3.63) is 54.6 Å². The van der Waals surface area contributed by atoms with Crippen LogP contribution in [0.3, 0.4) is 0 Å². The molecule has 0 saturated carbocycles. The molecular weight excluding hydrogens is 160 g/mol. The van der Waals surface area contributed by atoms with Gasteiger partial charge in [-0.3, -0.25) is 0 Å². The van der Waals surface area contributed by atoms with Gasteiger partial charge in [-0.1, -0.05) is 43.0 Å². The predicted molar refractivity (Wildman–Crippen MR) is 56.4 cm³/mol. The number of hydrogen-bond acceptors (Lipinski definition) is 1. The van der Waals surface area contributed by atoms with E-state index in [0.717, 1.165) is 5.56 Å². The fraction of sp³-hybridized carbons (Fsp3) is 0.167. The Hall–Kier alpha value is -1.34. The Morgan fingerprint density at radius 2 is 1.85 bits per heavy atom. The second-order valence-corrected chi connectivity index (χ2v) is 2.75. The molecule has 1 aromatic carbocycles. The first-order valence-corrected chi connectivity index (χ1v) is 4.27. The molecule has 68 valence electrons. The Morgan fingerprint density at radius 3 is 2.38 bits per heavy atom. The van der Waals surface area contributed by atoms with Crippen molar-refractivity contribution in [1.82, 2.24) is 0 Å². The Morgan fingerprint density at radius 1 is 1.15 bits per heavy atom. The fourth-order valence-corrected chi connectivity index (χ4v) is 1.01. The summed E-state index contributed by atoms with van der Waals surface area (Å²) in [6.45, 7) is 8.52. The minimum atomic E-state index is 0.600. The maximum atomic E-state index is 5.30. The normalized spacial score (nSPS) is 9.54. The summed E-state index contributed by atoms with van der Waals surface area (Å²) in [6, 6.07) is 8.14. The molecule has 0 aliphatic carbocycles. The van der Waals surface area contributed by atoms with Crippen LogP contribution in [-0.4, -0.2) is 6.61 Å². The van der Waals surface area contributed by atoms with E-state index in [1.807, 2.05) is 30.3 Å². The highest BCUT2D eigenvalue weighted by atomic mass is 16.5. The van der Waals surface area contributed by atoms with E-state index in [9.17, 15) is 0 Å². The molecule has 1 nitrogen and oxygen atoms in total. The molecule has 1 aromatic rings. The van der Waals surface area contributed by atoms with Crippen molar-refractivity contribution >= 4 is 6.08 Å². The minimum absolute atomic E-state index is 0.600. The molecule has 0 unspecified atom stereocenters. The van der Waals surface area contributed by atoms with Crippen molar-refractivity contribution in [2.24, 2.45) is 0 Å². The Bertz CT molecular complexity index is 272. The van der Waals surface area contributed by atoms with E-state index < -0.39 is 0 Å². The molecule has 0 bridgehead atoms. The van der Waals surface area contributed by atoms with Crippen molar-refractivity contribution in [3.8, 4) is 0 Å². The molecular formula is C12H14O. The van der Waals surface area contributed by atoms with Crippen LogP contribution >= 0.6 is 0 Å². The van der Waals surface area contributed by atoms with Crippen LogP contribution in [0.15, 0.2) is 43.5 Å². The Kier molecular flexibility index (Phi) is 4.00. The zero-order chi connectivity index (χ0) is 9.52. The van der Waals surface area contributed by atoms with Gasteiger partial charge in [0.15, 0.2) is 0 Å². The second kappa shape index (κ2) is 5.33. The molecule has 0 N–H and O–H groups in total. The van der Waals surface area contributed by atoms with E-state index >= 15 is 0 Å². The van der Waals surface area contributed by atoms with Crippen LogP contribution in [0.25, 0.3) is 6.08 Å². The summed E-state index contributed by atoms with van der Waals surface area (Å²) in [5.41, 5.74) is 2.31. The Labute approximate surface area is 79.4 Å². The number of rotatable bonds is 5. The summed E-state index contributed by atoms with van der Waals surface area (Å²) >= 11 is 0. The van der Waals surface area contributed by atoms with Gasteiger partial charge in [-0.25, -0.2) is 0 Å². The third-order valence-electron chi connectivity index (χ3n) is 1.72. The van der Waals surface area contributed by atoms with Gasteiger partial charge in [0.2, 0.25) is 0 Å². The minimum Gasteiger partial charge on any atom is -0.373 e. The van der Waals surface area contributed by atoms with E-state index in [1.165, 1.54) is 5.56 Å². The highest BCUT2D eigenvalue weighted by molar-refractivity contribution is 5.47. The fourth-order valence-electron chi connectivity index (χ4n) is 1.01. The molecule has 0 aromatic heterocycles. The van der Waals surface area contributed by atoms with Gasteiger partial charge in [0.1, 0.15) is 0 Å². The van der Waals surface area contributed by atoms with Crippen molar-refractivity contribution in [2.75, 3.05) is 6.61 Å². The zero-order valence-corrected chi connectivity index (χ0v) is 7.70. The first kappa shape index (κ1) is 9.75. The molecule has 1 heteroatoms. The van der Waals surface area contributed by atoms with Gasteiger partial charge in [0.25, 0.3) is 0 Å². The summed E-state index contributed by atoms with van der Waals surface area (Å²) in [7, 11) is 0. The first-order chi connectivity index (χ1) is 6.36. The van der Waals surface area contributed by atoms with Gasteiger partial charge < -0.3 is 4.74 Å². The van der Waals surface area contributed by atoms with E-state index in [0.29, 0.717) is 13.2 Å². The monoisotopic (exact) mass is 174 g/mol. The molecule has 0 aliphatic heterocycles. The molecule has 0 atom stereocenters. The molecule has 0 radical (unpaired) electrons. The quantitative estimate of drug-likeness (QED) is 0.492. The van der Waals surface area contributed by atoms with Crippen LogP contribution in [0.1, 0.15) is 11.1 Å². The van der Waals surface area contributed by atoms with Crippen LogP contribution in [0, 0.1) is 0 Å². The van der Waals surface area contributed by atoms with Crippen LogP contribution in [-0.2, 0) is 11.3 Å². The smallest absolute Gasteiger partial charge is 0.0721 e. The Balaban J connectivity index is 2.48. The zero-order valence-electron chi connectivity index (χ0n) is 7.70. The first-order valence-electron chi connectivity index (χ1n) is 4.27. The lowest BCUT2D eigenvalue weighted by Gasteiger charge is -2.01. The lowest BCUT2D eigenvalue weighted by Crippen LogP contribution is -1.91. The highest BCUT2D eigenvalue weighted by Gasteiger charge is 1.91. The standard InChI is InChI=1S/C12H14O/c1-3-9-13-10-12-7-5-11(4-2)6-8-12/h3-8H,1-2,9-10H2. The van der Waals surface area contributed by atoms with E-state index in [2.05, 4.69) is 13.2 Å². The van der Waals surface area contributed by atoms with Crippen molar-refractivity contribution in [3.63, 3.8) is 0 Å². The summed E-state index contributed by atoms with van der Waals surface area (Å²) in [4.78, 5) is 0. The van der Waals surface area contributed by atoms with Crippen molar-refractivity contribution < 1.29 is 4.74 Å². The number of hydrogen-bond donors (Lipinski definition) is 0. The lowest BCUT2D eigenvalue weighted by atomic mass is 10.1. The molecule has 13 heavy (non-hydrogen) atoms. The van der Waals surface area contributed by atoms with Gasteiger partial charge in [0, 0.05) is 0 Å². The van der Waals surface area contributed by atoms with Crippen molar-refractivity contribution in [1.29, 1.82) is 0 Å². The van der Waals surface area contributed by atoms with Crippen LogP contribution in [0.2, 0.25) is 0 Å². The molecule has 0 amide bonds. The molecule has 1 rings (SSSR count). The molecule has 0 aliphatic rings. The average molecular weight is 174 g/mol. The van der Waals surface area contributed by atoms with E-state index in [4.69, 9.17) is 4.74 Å². The summed E-state index contributed by atoms with van der Waals surface area (Å²) < 4.78 is 5.30. The number of ether oxygens (including phenoxy) is 1. The van der Waals surface area contributed by atoms with Gasteiger partial charge in [-0.2, -0.15) is 0 Å². The summed E-state index contributed by atoms with van der Waals surface area (Å²) in [5.74, 6) is 0. The summed E-state index contributed by atoms with van der Waals surface area (Å²) in [6.07, 6.45) is 3.58. The molecule has 0 heterocycles. The van der Waals surface area contributed by atoms with Gasteiger partial charge in [-0.05, 0) is 11.1 Å². The van der Waals surface area contributed by atoms with Gasteiger partial charge >= 0.3 is 0 Å². The molecule has 0 saturated heterocycles. The highest BCUT2D eigenvalue weighted by Crippen LogP contribution is 2.06. The second-order valence-electron chi connectivity index (χ2n) is 2.75.